The van der Waals surface area contributed by atoms with E-state index in [9.17, 15) is 19.7 Å². The highest BCUT2D eigenvalue weighted by atomic mass is 79.9. The number of carbonyl (C=O) groups excluding carboxylic acids is 2. The number of ether oxygens (including phenoxy) is 3. The van der Waals surface area contributed by atoms with Gasteiger partial charge in [-0.05, 0) is 22.0 Å². The fourth-order valence-electron chi connectivity index (χ4n) is 1.90. The smallest absolute Gasteiger partial charge is 0.350 e. The van der Waals surface area contributed by atoms with Gasteiger partial charge in [-0.15, -0.1) is 0 Å². The average molecular weight is 401 g/mol. The van der Waals surface area contributed by atoms with E-state index in [0.29, 0.717) is 4.47 Å². The number of halogens is 1. The number of benzene rings is 1. The first kappa shape index (κ1) is 17.7. The Morgan fingerprint density at radius 3 is 2.38 bits per heavy atom. The summed E-state index contributed by atoms with van der Waals surface area (Å²) in [7, 11) is 1.37. The summed E-state index contributed by atoms with van der Waals surface area (Å²) in [6, 6.07) is 2.70. The number of methoxy groups -OCH3 is 1. The quantitative estimate of drug-likeness (QED) is 0.269. The van der Waals surface area contributed by atoms with Crippen LogP contribution in [0.1, 0.15) is 13.8 Å². The molecule has 10 heteroatoms. The molecule has 0 atom stereocenters. The minimum absolute atomic E-state index is 0.0405. The molecule has 0 radical (unpaired) electrons. The van der Waals surface area contributed by atoms with Crippen molar-refractivity contribution in [3.05, 3.63) is 38.5 Å². The molecule has 24 heavy (non-hydrogen) atoms. The molecule has 1 heterocycles. The molecule has 128 valence electrons. The van der Waals surface area contributed by atoms with E-state index in [2.05, 4.69) is 21.2 Å². The van der Waals surface area contributed by atoms with E-state index >= 15 is 0 Å². The van der Waals surface area contributed by atoms with Gasteiger partial charge in [0.15, 0.2) is 5.57 Å². The molecule has 0 amide bonds. The number of hydrogen-bond acceptors (Lipinski definition) is 8. The van der Waals surface area contributed by atoms with E-state index in [4.69, 9.17) is 14.2 Å². The summed E-state index contributed by atoms with van der Waals surface area (Å²) < 4.78 is 15.1. The number of carbonyl (C=O) groups is 2. The summed E-state index contributed by atoms with van der Waals surface area (Å²) in [5.74, 6) is -2.88. The number of nitro groups is 1. The van der Waals surface area contributed by atoms with Crippen molar-refractivity contribution in [2.75, 3.05) is 12.4 Å². The third kappa shape index (κ3) is 3.65. The number of nitro benzene ring substituents is 1. The van der Waals surface area contributed by atoms with E-state index in [0.717, 1.165) is 6.20 Å². The van der Waals surface area contributed by atoms with Crippen LogP contribution in [0.15, 0.2) is 28.4 Å². The number of nitrogens with one attached hydrogen (secondary N) is 1. The van der Waals surface area contributed by atoms with Gasteiger partial charge in [-0.2, -0.15) is 0 Å². The highest BCUT2D eigenvalue weighted by Crippen LogP contribution is 2.37. The third-order valence-electron chi connectivity index (χ3n) is 2.95. The van der Waals surface area contributed by atoms with Crippen molar-refractivity contribution < 1.29 is 28.7 Å². The average Bonchev–Trinajstić information content (AvgIpc) is 2.45. The first-order valence-corrected chi connectivity index (χ1v) is 7.39. The van der Waals surface area contributed by atoms with Gasteiger partial charge in [0.1, 0.15) is 11.4 Å². The van der Waals surface area contributed by atoms with E-state index < -0.39 is 28.2 Å². The molecular formula is C14H13BrN2O7. The standard InChI is InChI=1S/C14H13BrN2O7/c1-14(2)23-12(18)8(13(19)24-14)6-16-11-9(15)4-7(22-3)5-10(11)17(20)21/h4-6,16H,1-3H3. The molecule has 9 nitrogen and oxygen atoms in total. The SMILES string of the molecule is COc1cc(Br)c(NC=C2C(=O)OC(C)(C)OC2=O)c([N+](=O)[O-])c1. The van der Waals surface area contributed by atoms with Gasteiger partial charge in [0, 0.05) is 20.0 Å². The zero-order valence-corrected chi connectivity index (χ0v) is 14.5. The maximum Gasteiger partial charge on any atom is 0.350 e. The molecule has 0 spiro atoms. The molecule has 0 aromatic heterocycles. The Labute approximate surface area is 144 Å². The Hall–Kier alpha value is -2.62. The van der Waals surface area contributed by atoms with Crippen LogP contribution in [0.25, 0.3) is 0 Å². The maximum atomic E-state index is 11.8. The second-order valence-electron chi connectivity index (χ2n) is 5.14. The van der Waals surface area contributed by atoms with Gasteiger partial charge in [0.05, 0.1) is 22.6 Å². The molecule has 1 saturated heterocycles. The van der Waals surface area contributed by atoms with E-state index in [1.807, 2.05) is 0 Å². The molecular weight excluding hydrogens is 388 g/mol. The number of esters is 2. The number of cyclic esters (lactones) is 2. The maximum absolute atomic E-state index is 11.8. The lowest BCUT2D eigenvalue weighted by molar-refractivity contribution is -0.384. The Bertz CT molecular complexity index is 736. The van der Waals surface area contributed by atoms with Gasteiger partial charge >= 0.3 is 11.9 Å². The van der Waals surface area contributed by atoms with Gasteiger partial charge < -0.3 is 19.5 Å². The molecule has 1 aromatic rings. The van der Waals surface area contributed by atoms with E-state index in [-0.39, 0.29) is 17.1 Å². The fourth-order valence-corrected chi connectivity index (χ4v) is 2.44. The monoisotopic (exact) mass is 400 g/mol. The largest absolute Gasteiger partial charge is 0.496 e. The highest BCUT2D eigenvalue weighted by molar-refractivity contribution is 9.10. The van der Waals surface area contributed by atoms with Crippen molar-refractivity contribution in [2.45, 2.75) is 19.6 Å². The second kappa shape index (κ2) is 6.48. The van der Waals surface area contributed by atoms with Gasteiger partial charge in [-0.1, -0.05) is 0 Å². The van der Waals surface area contributed by atoms with Crippen molar-refractivity contribution in [1.82, 2.24) is 0 Å². The molecule has 0 bridgehead atoms. The number of nitrogens with zero attached hydrogens (tertiary/aromatic N) is 1. The van der Waals surface area contributed by atoms with Crippen LogP contribution in [0.3, 0.4) is 0 Å². The Kier molecular flexibility index (Phi) is 4.78. The molecule has 1 N–H and O–H groups in total. The van der Waals surface area contributed by atoms with E-state index in [1.54, 1.807) is 0 Å². The zero-order chi connectivity index (χ0) is 18.1. The number of anilines is 1. The van der Waals surface area contributed by atoms with Gasteiger partial charge in [0.25, 0.3) is 11.5 Å². The van der Waals surface area contributed by atoms with Gasteiger partial charge in [-0.3, -0.25) is 10.1 Å². The summed E-state index contributed by atoms with van der Waals surface area (Å²) >= 11 is 3.17. The van der Waals surface area contributed by atoms with Crippen molar-refractivity contribution >= 4 is 39.2 Å². The van der Waals surface area contributed by atoms with E-state index in [1.165, 1.54) is 33.1 Å². The second-order valence-corrected chi connectivity index (χ2v) is 6.00. The summed E-state index contributed by atoms with van der Waals surface area (Å²) in [4.78, 5) is 34.3. The number of rotatable bonds is 4. The predicted molar refractivity (Wildman–Crippen MR) is 85.3 cm³/mol. The summed E-state index contributed by atoms with van der Waals surface area (Å²) in [6.45, 7) is 2.83. The summed E-state index contributed by atoms with van der Waals surface area (Å²) in [5, 5.41) is 13.8. The molecule has 1 fully saturated rings. The van der Waals surface area contributed by atoms with Crippen molar-refractivity contribution in [3.63, 3.8) is 0 Å². The van der Waals surface area contributed by atoms with Gasteiger partial charge in [-0.25, -0.2) is 9.59 Å². The highest BCUT2D eigenvalue weighted by Gasteiger charge is 2.39. The van der Waals surface area contributed by atoms with Crippen LogP contribution >= 0.6 is 15.9 Å². The van der Waals surface area contributed by atoms with Crippen molar-refractivity contribution in [1.29, 1.82) is 0 Å². The molecule has 0 aliphatic carbocycles. The minimum Gasteiger partial charge on any atom is -0.496 e. The lowest BCUT2D eigenvalue weighted by atomic mass is 10.2. The van der Waals surface area contributed by atoms with Crippen LogP contribution in [0.5, 0.6) is 5.75 Å². The summed E-state index contributed by atoms with van der Waals surface area (Å²) in [6.07, 6.45) is 0.999. The normalized spacial score (nSPS) is 16.1. The zero-order valence-electron chi connectivity index (χ0n) is 12.9. The Morgan fingerprint density at radius 2 is 1.88 bits per heavy atom. The first-order valence-electron chi connectivity index (χ1n) is 6.60. The molecule has 2 rings (SSSR count). The fraction of sp³-hybridized carbons (Fsp3) is 0.286. The third-order valence-corrected chi connectivity index (χ3v) is 3.58. The van der Waals surface area contributed by atoms with Crippen LogP contribution in [0, 0.1) is 10.1 Å². The lowest BCUT2D eigenvalue weighted by Gasteiger charge is -2.29. The summed E-state index contributed by atoms with van der Waals surface area (Å²) in [5.41, 5.74) is -0.680. The van der Waals surface area contributed by atoms with Gasteiger partial charge in [0.2, 0.25) is 0 Å². The lowest BCUT2D eigenvalue weighted by Crippen LogP contribution is -2.42. The molecule has 0 unspecified atom stereocenters. The Balaban J connectivity index is 2.37. The van der Waals surface area contributed by atoms with Crippen LogP contribution in [-0.2, 0) is 19.1 Å². The molecule has 1 aliphatic heterocycles. The minimum atomic E-state index is -1.36. The van der Waals surface area contributed by atoms with Crippen molar-refractivity contribution in [2.24, 2.45) is 0 Å². The Morgan fingerprint density at radius 1 is 1.29 bits per heavy atom. The number of hydrogen-bond donors (Lipinski definition) is 1. The van der Waals surface area contributed by atoms with Crippen LogP contribution < -0.4 is 10.1 Å². The molecule has 1 aromatic carbocycles. The van der Waals surface area contributed by atoms with Crippen LogP contribution in [0.4, 0.5) is 11.4 Å². The molecule has 0 saturated carbocycles. The molecule has 1 aliphatic rings. The topological polar surface area (TPSA) is 117 Å². The van der Waals surface area contributed by atoms with Crippen LogP contribution in [0.2, 0.25) is 0 Å². The van der Waals surface area contributed by atoms with Crippen LogP contribution in [-0.4, -0.2) is 29.8 Å². The van der Waals surface area contributed by atoms with Crippen molar-refractivity contribution in [3.8, 4) is 5.75 Å². The first-order chi connectivity index (χ1) is 11.1. The predicted octanol–water partition coefficient (Wildman–Crippen LogP) is 2.50.